The molecule has 27 heavy (non-hydrogen) atoms. The Bertz CT molecular complexity index is 1040. The molecule has 0 aliphatic carbocycles. The maximum absolute atomic E-state index is 12.9. The van der Waals surface area contributed by atoms with Crippen LogP contribution in [0.15, 0.2) is 64.0 Å². The highest BCUT2D eigenvalue weighted by Gasteiger charge is 2.15. The van der Waals surface area contributed by atoms with E-state index in [1.807, 2.05) is 0 Å². The first-order chi connectivity index (χ1) is 12.8. The molecule has 3 aromatic rings. The zero-order chi connectivity index (χ0) is 19.4. The molecule has 0 saturated carbocycles. The number of carbonyl (C=O) groups is 1. The molecule has 0 atom stereocenters. The molecule has 0 spiro atoms. The minimum atomic E-state index is -3.77. The van der Waals surface area contributed by atoms with Crippen molar-refractivity contribution in [2.45, 2.75) is 18.4 Å². The first-order valence-corrected chi connectivity index (χ1v) is 9.41. The van der Waals surface area contributed by atoms with Crippen LogP contribution in [0.5, 0.6) is 0 Å². The fourth-order valence-corrected chi connectivity index (χ4v) is 3.28. The van der Waals surface area contributed by atoms with Crippen LogP contribution in [0.4, 0.5) is 10.2 Å². The highest BCUT2D eigenvalue weighted by Crippen LogP contribution is 2.14. The highest BCUT2D eigenvalue weighted by atomic mass is 32.2. The van der Waals surface area contributed by atoms with E-state index in [0.717, 1.165) is 0 Å². The van der Waals surface area contributed by atoms with E-state index >= 15 is 0 Å². The molecule has 1 heterocycles. The molecule has 3 rings (SSSR count). The van der Waals surface area contributed by atoms with Crippen molar-refractivity contribution >= 4 is 21.7 Å². The molecule has 0 saturated heterocycles. The summed E-state index contributed by atoms with van der Waals surface area (Å²) >= 11 is 0. The van der Waals surface area contributed by atoms with Crippen molar-refractivity contribution in [1.82, 2.24) is 9.88 Å². The lowest BCUT2D eigenvalue weighted by atomic mass is 10.2. The average molecular weight is 389 g/mol. The van der Waals surface area contributed by atoms with Gasteiger partial charge in [0, 0.05) is 18.2 Å². The van der Waals surface area contributed by atoms with Crippen molar-refractivity contribution in [2.75, 3.05) is 5.32 Å². The van der Waals surface area contributed by atoms with Gasteiger partial charge in [-0.1, -0.05) is 17.3 Å². The van der Waals surface area contributed by atoms with E-state index in [0.29, 0.717) is 11.3 Å². The van der Waals surface area contributed by atoms with Crippen LogP contribution < -0.4 is 10.0 Å². The smallest absolute Gasteiger partial charge is 0.256 e. The van der Waals surface area contributed by atoms with Crippen molar-refractivity contribution in [1.29, 1.82) is 0 Å². The second kappa shape index (κ2) is 7.68. The Morgan fingerprint density at radius 2 is 1.78 bits per heavy atom. The zero-order valence-corrected chi connectivity index (χ0v) is 15.1. The summed E-state index contributed by atoms with van der Waals surface area (Å²) in [6.07, 6.45) is 0. The molecular formula is C18H16FN3O4S. The van der Waals surface area contributed by atoms with Crippen molar-refractivity contribution in [2.24, 2.45) is 0 Å². The summed E-state index contributed by atoms with van der Waals surface area (Å²) in [7, 11) is -3.77. The molecule has 7 nitrogen and oxygen atoms in total. The number of anilines is 1. The molecular weight excluding hydrogens is 373 g/mol. The molecule has 140 valence electrons. The van der Waals surface area contributed by atoms with E-state index in [1.165, 1.54) is 48.5 Å². The Labute approximate surface area is 155 Å². The first kappa shape index (κ1) is 18.7. The van der Waals surface area contributed by atoms with Crippen molar-refractivity contribution < 1.29 is 22.1 Å². The van der Waals surface area contributed by atoms with Gasteiger partial charge in [0.25, 0.3) is 5.91 Å². The van der Waals surface area contributed by atoms with Gasteiger partial charge in [0.05, 0.1) is 4.90 Å². The fourth-order valence-electron chi connectivity index (χ4n) is 2.26. The number of rotatable bonds is 6. The fraction of sp³-hybridized carbons (Fsp3) is 0.111. The number of hydrogen-bond donors (Lipinski definition) is 2. The third-order valence-corrected chi connectivity index (χ3v) is 5.09. The number of aryl methyl sites for hydroxylation is 1. The first-order valence-electron chi connectivity index (χ1n) is 7.92. The number of sulfonamides is 1. The Morgan fingerprint density at radius 1 is 1.11 bits per heavy atom. The number of benzene rings is 2. The number of aromatic nitrogens is 1. The quantitative estimate of drug-likeness (QED) is 0.675. The second-order valence-corrected chi connectivity index (χ2v) is 7.52. The van der Waals surface area contributed by atoms with Crippen LogP contribution in [0.1, 0.15) is 21.7 Å². The Hall–Kier alpha value is -3.04. The van der Waals surface area contributed by atoms with E-state index in [9.17, 15) is 17.6 Å². The number of hydrogen-bond acceptors (Lipinski definition) is 5. The number of halogens is 1. The van der Waals surface area contributed by atoms with Gasteiger partial charge in [-0.15, -0.1) is 0 Å². The minimum absolute atomic E-state index is 0.0124. The standard InChI is InChI=1S/C18H16FN3O4S/c1-12-10-17(22-26-12)21-18(23)14-4-8-16(9-5-14)27(24,25)20-11-13-2-6-15(19)7-3-13/h2-10,20H,11H2,1H3,(H,21,22,23). The normalized spacial score (nSPS) is 11.3. The van der Waals surface area contributed by atoms with Gasteiger partial charge in [-0.2, -0.15) is 0 Å². The zero-order valence-electron chi connectivity index (χ0n) is 14.3. The second-order valence-electron chi connectivity index (χ2n) is 5.75. The van der Waals surface area contributed by atoms with E-state index in [1.54, 1.807) is 13.0 Å². The summed E-state index contributed by atoms with van der Waals surface area (Å²) in [5.41, 5.74) is 0.895. The lowest BCUT2D eigenvalue weighted by Crippen LogP contribution is -2.23. The summed E-state index contributed by atoms with van der Waals surface area (Å²) in [5, 5.41) is 6.21. The molecule has 9 heteroatoms. The predicted octanol–water partition coefficient (Wildman–Crippen LogP) is 2.85. The van der Waals surface area contributed by atoms with Crippen molar-refractivity contribution in [3.05, 3.63) is 77.3 Å². The van der Waals surface area contributed by atoms with Crippen LogP contribution in [0.25, 0.3) is 0 Å². The van der Waals surface area contributed by atoms with E-state index in [4.69, 9.17) is 4.52 Å². The van der Waals surface area contributed by atoms with Crippen LogP contribution >= 0.6 is 0 Å². The van der Waals surface area contributed by atoms with Crippen molar-refractivity contribution in [3.8, 4) is 0 Å². The summed E-state index contributed by atoms with van der Waals surface area (Å²) < 4.78 is 44.9. The third-order valence-electron chi connectivity index (χ3n) is 3.68. The largest absolute Gasteiger partial charge is 0.360 e. The minimum Gasteiger partial charge on any atom is -0.360 e. The average Bonchev–Trinajstić information content (AvgIpc) is 3.06. The van der Waals surface area contributed by atoms with Gasteiger partial charge in [0.15, 0.2) is 5.82 Å². The summed E-state index contributed by atoms with van der Waals surface area (Å²) in [6, 6.07) is 12.5. The molecule has 0 fully saturated rings. The van der Waals surface area contributed by atoms with E-state index in [-0.39, 0.29) is 22.8 Å². The van der Waals surface area contributed by atoms with E-state index < -0.39 is 21.7 Å². The highest BCUT2D eigenvalue weighted by molar-refractivity contribution is 7.89. The Balaban J connectivity index is 1.66. The monoisotopic (exact) mass is 389 g/mol. The predicted molar refractivity (Wildman–Crippen MR) is 96.1 cm³/mol. The number of amides is 1. The van der Waals surface area contributed by atoms with Gasteiger partial charge >= 0.3 is 0 Å². The molecule has 0 radical (unpaired) electrons. The Morgan fingerprint density at radius 3 is 2.37 bits per heavy atom. The SMILES string of the molecule is Cc1cc(NC(=O)c2ccc(S(=O)(=O)NCc3ccc(F)cc3)cc2)no1. The molecule has 0 bridgehead atoms. The summed E-state index contributed by atoms with van der Waals surface area (Å²) in [6.45, 7) is 1.72. The molecule has 0 aliphatic heterocycles. The van der Waals surface area contributed by atoms with Gasteiger partial charge in [-0.05, 0) is 48.9 Å². The van der Waals surface area contributed by atoms with Crippen LogP contribution in [0.3, 0.4) is 0 Å². The number of nitrogens with zero attached hydrogens (tertiary/aromatic N) is 1. The molecule has 0 aliphatic rings. The summed E-state index contributed by atoms with van der Waals surface area (Å²) in [5.74, 6) is -0.00287. The molecule has 2 aromatic carbocycles. The molecule has 1 aromatic heterocycles. The number of carbonyl (C=O) groups excluding carboxylic acids is 1. The van der Waals surface area contributed by atoms with Gasteiger partial charge in [-0.3, -0.25) is 4.79 Å². The van der Waals surface area contributed by atoms with Crippen LogP contribution in [0, 0.1) is 12.7 Å². The lowest BCUT2D eigenvalue weighted by molar-refractivity contribution is 0.102. The van der Waals surface area contributed by atoms with E-state index in [2.05, 4.69) is 15.2 Å². The van der Waals surface area contributed by atoms with Crippen LogP contribution in [0.2, 0.25) is 0 Å². The molecule has 2 N–H and O–H groups in total. The van der Waals surface area contributed by atoms with Gasteiger partial charge in [0.1, 0.15) is 11.6 Å². The molecule has 1 amide bonds. The third kappa shape index (κ3) is 4.78. The van der Waals surface area contributed by atoms with Gasteiger partial charge < -0.3 is 9.84 Å². The van der Waals surface area contributed by atoms with Crippen molar-refractivity contribution in [3.63, 3.8) is 0 Å². The number of nitrogens with one attached hydrogen (secondary N) is 2. The van der Waals surface area contributed by atoms with Crippen LogP contribution in [-0.4, -0.2) is 19.5 Å². The maximum atomic E-state index is 12.9. The summed E-state index contributed by atoms with van der Waals surface area (Å²) in [4.78, 5) is 12.1. The maximum Gasteiger partial charge on any atom is 0.256 e. The van der Waals surface area contributed by atoms with Gasteiger partial charge in [0.2, 0.25) is 10.0 Å². The molecule has 0 unspecified atom stereocenters. The Kier molecular flexibility index (Phi) is 5.33. The van der Waals surface area contributed by atoms with Gasteiger partial charge in [-0.25, -0.2) is 17.5 Å². The lowest BCUT2D eigenvalue weighted by Gasteiger charge is -2.08. The van der Waals surface area contributed by atoms with Crippen LogP contribution in [-0.2, 0) is 16.6 Å². The topological polar surface area (TPSA) is 101 Å².